The number of carbonyl (C=O) groups is 1. The molecule has 0 aromatic carbocycles. The van der Waals surface area contributed by atoms with Gasteiger partial charge in [0.1, 0.15) is 5.60 Å². The molecule has 5 heteroatoms. The van der Waals surface area contributed by atoms with Crippen LogP contribution >= 0.6 is 0 Å². The average molecular weight is 227 g/mol. The minimum atomic E-state index is -0.420. The van der Waals surface area contributed by atoms with Gasteiger partial charge in [-0.05, 0) is 33.6 Å². The molecule has 0 aromatic rings. The SMILES string of the molecule is CC(C)(C)OC(=O)N1C2CCC1CN(N)C2. The molecule has 2 saturated heterocycles. The molecule has 0 radical (unpaired) electrons. The fraction of sp³-hybridized carbons (Fsp3) is 0.909. The monoisotopic (exact) mass is 227 g/mol. The van der Waals surface area contributed by atoms with Crippen LogP contribution in [0.3, 0.4) is 0 Å². The molecule has 2 atom stereocenters. The lowest BCUT2D eigenvalue weighted by atomic mass is 10.2. The van der Waals surface area contributed by atoms with Crippen LogP contribution in [0.4, 0.5) is 4.79 Å². The molecule has 2 aliphatic heterocycles. The van der Waals surface area contributed by atoms with E-state index in [9.17, 15) is 4.79 Å². The summed E-state index contributed by atoms with van der Waals surface area (Å²) in [6.07, 6.45) is 1.89. The lowest BCUT2D eigenvalue weighted by Gasteiger charge is -2.39. The number of rotatable bonds is 0. The summed E-state index contributed by atoms with van der Waals surface area (Å²) in [5.74, 6) is 5.80. The first-order valence-electron chi connectivity index (χ1n) is 5.88. The summed E-state index contributed by atoms with van der Waals surface area (Å²) < 4.78 is 5.42. The van der Waals surface area contributed by atoms with Crippen molar-refractivity contribution >= 4 is 6.09 Å². The highest BCUT2D eigenvalue weighted by molar-refractivity contribution is 5.69. The Bertz CT molecular complexity index is 273. The predicted molar refractivity (Wildman–Crippen MR) is 60.6 cm³/mol. The van der Waals surface area contributed by atoms with Crippen LogP contribution < -0.4 is 5.84 Å². The number of nitrogens with zero attached hydrogens (tertiary/aromatic N) is 2. The average Bonchev–Trinajstić information content (AvgIpc) is 2.36. The normalized spacial score (nSPS) is 30.6. The quantitative estimate of drug-likeness (QED) is 0.626. The van der Waals surface area contributed by atoms with E-state index in [0.717, 1.165) is 25.9 Å². The van der Waals surface area contributed by atoms with Crippen molar-refractivity contribution in [2.24, 2.45) is 5.84 Å². The van der Waals surface area contributed by atoms with Crippen LogP contribution in [0.2, 0.25) is 0 Å². The van der Waals surface area contributed by atoms with E-state index in [4.69, 9.17) is 10.6 Å². The number of amides is 1. The van der Waals surface area contributed by atoms with E-state index >= 15 is 0 Å². The van der Waals surface area contributed by atoms with Crippen LogP contribution in [-0.4, -0.2) is 46.8 Å². The van der Waals surface area contributed by atoms with Crippen molar-refractivity contribution in [1.82, 2.24) is 9.91 Å². The molecule has 2 N–H and O–H groups in total. The Balaban J connectivity index is 2.03. The van der Waals surface area contributed by atoms with Crippen molar-refractivity contribution in [3.8, 4) is 0 Å². The molecule has 2 unspecified atom stereocenters. The molecule has 16 heavy (non-hydrogen) atoms. The van der Waals surface area contributed by atoms with Crippen molar-refractivity contribution in [2.75, 3.05) is 13.1 Å². The zero-order valence-electron chi connectivity index (χ0n) is 10.3. The molecular formula is C11H21N3O2. The zero-order chi connectivity index (χ0) is 11.9. The Morgan fingerprint density at radius 2 is 1.75 bits per heavy atom. The Kier molecular flexibility index (Phi) is 2.84. The number of nitrogens with two attached hydrogens (primary N) is 1. The Labute approximate surface area is 96.5 Å². The number of hydrazine groups is 1. The minimum absolute atomic E-state index is 0.187. The molecule has 2 bridgehead atoms. The molecule has 2 rings (SSSR count). The standard InChI is InChI=1S/C11H21N3O2/c1-11(2,3)16-10(15)14-8-4-5-9(14)7-13(12)6-8/h8-9H,4-7,12H2,1-3H3. The fourth-order valence-electron chi connectivity index (χ4n) is 2.55. The first-order valence-corrected chi connectivity index (χ1v) is 5.88. The second-order valence-corrected chi connectivity index (χ2v) is 5.73. The highest BCUT2D eigenvalue weighted by atomic mass is 16.6. The minimum Gasteiger partial charge on any atom is -0.444 e. The van der Waals surface area contributed by atoms with Crippen molar-refractivity contribution in [3.63, 3.8) is 0 Å². The third kappa shape index (κ3) is 2.30. The number of fused-ring (bicyclic) bond motifs is 2. The largest absolute Gasteiger partial charge is 0.444 e. The maximum atomic E-state index is 12.0. The summed E-state index contributed by atoms with van der Waals surface area (Å²) in [7, 11) is 0. The van der Waals surface area contributed by atoms with Gasteiger partial charge in [0.15, 0.2) is 0 Å². The van der Waals surface area contributed by atoms with Gasteiger partial charge in [-0.3, -0.25) is 10.7 Å². The molecule has 0 spiro atoms. The maximum Gasteiger partial charge on any atom is 0.410 e. The number of ether oxygens (including phenoxy) is 1. The summed E-state index contributed by atoms with van der Waals surface area (Å²) in [6.45, 7) is 7.20. The highest BCUT2D eigenvalue weighted by Gasteiger charge is 2.43. The van der Waals surface area contributed by atoms with E-state index < -0.39 is 5.60 Å². The van der Waals surface area contributed by atoms with Gasteiger partial charge >= 0.3 is 6.09 Å². The molecule has 2 heterocycles. The summed E-state index contributed by atoms with van der Waals surface area (Å²) >= 11 is 0. The Morgan fingerprint density at radius 3 is 2.19 bits per heavy atom. The van der Waals surface area contributed by atoms with E-state index in [1.54, 1.807) is 0 Å². The number of hydrogen-bond donors (Lipinski definition) is 1. The second-order valence-electron chi connectivity index (χ2n) is 5.73. The molecule has 92 valence electrons. The van der Waals surface area contributed by atoms with E-state index in [1.807, 2.05) is 30.7 Å². The molecule has 0 aliphatic carbocycles. The Hall–Kier alpha value is -0.810. The summed E-state index contributed by atoms with van der Waals surface area (Å²) in [5.41, 5.74) is -0.420. The van der Waals surface area contributed by atoms with E-state index in [0.29, 0.717) is 0 Å². The fourth-order valence-corrected chi connectivity index (χ4v) is 2.55. The Morgan fingerprint density at radius 1 is 1.25 bits per heavy atom. The van der Waals surface area contributed by atoms with Crippen LogP contribution in [0.1, 0.15) is 33.6 Å². The molecular weight excluding hydrogens is 206 g/mol. The molecule has 0 aromatic heterocycles. The van der Waals surface area contributed by atoms with Crippen molar-refractivity contribution in [1.29, 1.82) is 0 Å². The van der Waals surface area contributed by atoms with Crippen molar-refractivity contribution in [3.05, 3.63) is 0 Å². The first kappa shape index (κ1) is 11.7. The van der Waals surface area contributed by atoms with Gasteiger partial charge in [-0.15, -0.1) is 0 Å². The van der Waals surface area contributed by atoms with Gasteiger partial charge in [-0.2, -0.15) is 0 Å². The molecule has 5 nitrogen and oxygen atoms in total. The zero-order valence-corrected chi connectivity index (χ0v) is 10.3. The number of carbonyl (C=O) groups excluding carboxylic acids is 1. The van der Waals surface area contributed by atoms with Gasteiger partial charge in [0.05, 0.1) is 0 Å². The summed E-state index contributed by atoms with van der Waals surface area (Å²) in [6, 6.07) is 0.470. The third-order valence-corrected chi connectivity index (χ3v) is 3.11. The van der Waals surface area contributed by atoms with Gasteiger partial charge in [0, 0.05) is 25.2 Å². The molecule has 2 aliphatic rings. The van der Waals surface area contributed by atoms with E-state index in [2.05, 4.69) is 0 Å². The predicted octanol–water partition coefficient (Wildman–Crippen LogP) is 0.944. The van der Waals surface area contributed by atoms with Crippen molar-refractivity contribution in [2.45, 2.75) is 51.3 Å². The van der Waals surface area contributed by atoms with Crippen LogP contribution in [0.5, 0.6) is 0 Å². The van der Waals surface area contributed by atoms with Crippen LogP contribution in [0.25, 0.3) is 0 Å². The smallest absolute Gasteiger partial charge is 0.410 e. The van der Waals surface area contributed by atoms with Gasteiger partial charge in [0.25, 0.3) is 0 Å². The second kappa shape index (κ2) is 3.89. The van der Waals surface area contributed by atoms with Gasteiger partial charge in [-0.25, -0.2) is 9.80 Å². The molecule has 0 saturated carbocycles. The van der Waals surface area contributed by atoms with E-state index in [1.165, 1.54) is 0 Å². The van der Waals surface area contributed by atoms with Gasteiger partial charge < -0.3 is 4.74 Å². The lowest BCUT2D eigenvalue weighted by molar-refractivity contribution is -0.00440. The lowest BCUT2D eigenvalue weighted by Crippen LogP contribution is -2.58. The summed E-state index contributed by atoms with van der Waals surface area (Å²) in [4.78, 5) is 13.9. The van der Waals surface area contributed by atoms with Gasteiger partial charge in [0.2, 0.25) is 0 Å². The number of piperazine rings is 1. The first-order chi connectivity index (χ1) is 7.37. The van der Waals surface area contributed by atoms with Crippen LogP contribution in [-0.2, 0) is 4.74 Å². The van der Waals surface area contributed by atoms with Crippen LogP contribution in [0, 0.1) is 0 Å². The van der Waals surface area contributed by atoms with E-state index in [-0.39, 0.29) is 18.2 Å². The highest BCUT2D eigenvalue weighted by Crippen LogP contribution is 2.30. The molecule has 2 fully saturated rings. The summed E-state index contributed by atoms with van der Waals surface area (Å²) in [5, 5.41) is 1.81. The molecule has 1 amide bonds. The van der Waals surface area contributed by atoms with Crippen LogP contribution in [0.15, 0.2) is 0 Å². The van der Waals surface area contributed by atoms with Crippen molar-refractivity contribution < 1.29 is 9.53 Å². The third-order valence-electron chi connectivity index (χ3n) is 3.11. The van der Waals surface area contributed by atoms with Gasteiger partial charge in [-0.1, -0.05) is 0 Å². The topological polar surface area (TPSA) is 58.8 Å². The number of hydrogen-bond acceptors (Lipinski definition) is 4. The maximum absolute atomic E-state index is 12.0.